The lowest BCUT2D eigenvalue weighted by Gasteiger charge is -2.12. The summed E-state index contributed by atoms with van der Waals surface area (Å²) in [4.78, 5) is 0. The minimum absolute atomic E-state index is 0.377. The van der Waals surface area contributed by atoms with Crippen LogP contribution in [0.15, 0.2) is 42.7 Å². The first-order valence-corrected chi connectivity index (χ1v) is 6.46. The lowest BCUT2D eigenvalue weighted by atomic mass is 10.0. The Morgan fingerprint density at radius 3 is 2.80 bits per heavy atom. The van der Waals surface area contributed by atoms with Gasteiger partial charge >= 0.3 is 0 Å². The molecule has 3 aromatic rings. The monoisotopic (exact) mass is 268 g/mol. The van der Waals surface area contributed by atoms with E-state index in [4.69, 9.17) is 10.5 Å². The van der Waals surface area contributed by atoms with Gasteiger partial charge in [0.05, 0.1) is 0 Å². The van der Waals surface area contributed by atoms with E-state index in [0.717, 1.165) is 22.5 Å². The molecule has 1 aromatic heterocycles. The first-order chi connectivity index (χ1) is 9.79. The van der Waals surface area contributed by atoms with E-state index in [9.17, 15) is 0 Å². The largest absolute Gasteiger partial charge is 0.485 e. The summed E-state index contributed by atoms with van der Waals surface area (Å²) < 4.78 is 7.69. The van der Waals surface area contributed by atoms with Crippen LogP contribution in [0, 0.1) is 0 Å². The van der Waals surface area contributed by atoms with Crippen LogP contribution in [0.5, 0.6) is 5.75 Å². The van der Waals surface area contributed by atoms with Gasteiger partial charge in [0.2, 0.25) is 0 Å². The molecule has 0 atom stereocenters. The maximum absolute atomic E-state index is 5.88. The lowest BCUT2D eigenvalue weighted by molar-refractivity contribution is 0.289. The quantitative estimate of drug-likeness (QED) is 0.786. The van der Waals surface area contributed by atoms with Gasteiger partial charge in [-0.1, -0.05) is 30.3 Å². The molecule has 1 heterocycles. The Morgan fingerprint density at radius 2 is 2.05 bits per heavy atom. The molecule has 102 valence electrons. The van der Waals surface area contributed by atoms with Crippen molar-refractivity contribution in [2.45, 2.75) is 13.2 Å². The summed E-state index contributed by atoms with van der Waals surface area (Å²) in [5.41, 5.74) is 6.90. The number of fused-ring (bicyclic) bond motifs is 1. The predicted molar refractivity (Wildman–Crippen MR) is 77.2 cm³/mol. The average molecular weight is 268 g/mol. The van der Waals surface area contributed by atoms with Crippen LogP contribution in [0.4, 0.5) is 0 Å². The summed E-state index contributed by atoms with van der Waals surface area (Å²) in [6.45, 7) is 0.817. The number of nitrogens with zero attached hydrogens (tertiary/aromatic N) is 3. The van der Waals surface area contributed by atoms with Crippen molar-refractivity contribution < 1.29 is 4.74 Å². The number of benzene rings is 2. The van der Waals surface area contributed by atoms with Gasteiger partial charge in [0.1, 0.15) is 18.7 Å². The van der Waals surface area contributed by atoms with Crippen LogP contribution in [0.2, 0.25) is 0 Å². The Morgan fingerprint density at radius 1 is 1.20 bits per heavy atom. The van der Waals surface area contributed by atoms with Gasteiger partial charge in [-0.3, -0.25) is 0 Å². The molecule has 3 rings (SSSR count). The van der Waals surface area contributed by atoms with E-state index >= 15 is 0 Å². The van der Waals surface area contributed by atoms with Crippen molar-refractivity contribution in [2.24, 2.45) is 12.8 Å². The van der Waals surface area contributed by atoms with Crippen LogP contribution in [0.3, 0.4) is 0 Å². The van der Waals surface area contributed by atoms with Crippen molar-refractivity contribution in [3.05, 3.63) is 54.1 Å². The molecule has 5 nitrogen and oxygen atoms in total. The minimum Gasteiger partial charge on any atom is -0.485 e. The molecule has 0 bridgehead atoms. The van der Waals surface area contributed by atoms with Gasteiger partial charge in [0.25, 0.3) is 0 Å². The Balaban J connectivity index is 1.93. The van der Waals surface area contributed by atoms with E-state index in [-0.39, 0.29) is 0 Å². The third kappa shape index (κ3) is 2.23. The highest BCUT2D eigenvalue weighted by molar-refractivity contribution is 5.87. The Kier molecular flexibility index (Phi) is 3.35. The number of nitrogens with two attached hydrogens (primary N) is 1. The maximum Gasteiger partial charge on any atom is 0.170 e. The molecule has 20 heavy (non-hydrogen) atoms. The summed E-state index contributed by atoms with van der Waals surface area (Å²) in [7, 11) is 1.89. The summed E-state index contributed by atoms with van der Waals surface area (Å²) >= 11 is 0. The second-order valence-corrected chi connectivity index (χ2v) is 4.61. The highest BCUT2D eigenvalue weighted by Crippen LogP contribution is 2.28. The van der Waals surface area contributed by atoms with Crippen molar-refractivity contribution in [3.63, 3.8) is 0 Å². The molecule has 0 saturated heterocycles. The minimum atomic E-state index is 0.377. The van der Waals surface area contributed by atoms with Crippen molar-refractivity contribution in [1.82, 2.24) is 14.8 Å². The average Bonchev–Trinajstić information content (AvgIpc) is 2.89. The fourth-order valence-electron chi connectivity index (χ4n) is 2.24. The topological polar surface area (TPSA) is 66.0 Å². The van der Waals surface area contributed by atoms with E-state index in [0.29, 0.717) is 13.2 Å². The van der Waals surface area contributed by atoms with E-state index in [1.54, 1.807) is 6.33 Å². The molecule has 0 fully saturated rings. The lowest BCUT2D eigenvalue weighted by Crippen LogP contribution is -2.06. The van der Waals surface area contributed by atoms with Crippen LogP contribution >= 0.6 is 0 Å². The van der Waals surface area contributed by atoms with Crippen molar-refractivity contribution in [2.75, 3.05) is 0 Å². The van der Waals surface area contributed by atoms with Gasteiger partial charge in [-0.2, -0.15) is 0 Å². The Hall–Kier alpha value is -2.40. The molecule has 5 heteroatoms. The zero-order valence-electron chi connectivity index (χ0n) is 11.3. The van der Waals surface area contributed by atoms with Crippen LogP contribution in [-0.2, 0) is 20.2 Å². The van der Waals surface area contributed by atoms with E-state index in [1.807, 2.05) is 35.9 Å². The number of aryl methyl sites for hydroxylation is 1. The van der Waals surface area contributed by atoms with Gasteiger partial charge in [0.15, 0.2) is 5.82 Å². The van der Waals surface area contributed by atoms with E-state index in [2.05, 4.69) is 22.3 Å². The predicted octanol–water partition coefficient (Wildman–Crippen LogP) is 2.01. The number of hydrogen-bond acceptors (Lipinski definition) is 4. The number of aromatic nitrogens is 3. The maximum atomic E-state index is 5.88. The summed E-state index contributed by atoms with van der Waals surface area (Å²) in [5.74, 6) is 1.58. The molecule has 0 spiro atoms. The molecule has 2 N–H and O–H groups in total. The molecule has 0 radical (unpaired) electrons. The number of rotatable bonds is 4. The van der Waals surface area contributed by atoms with Gasteiger partial charge in [0, 0.05) is 19.2 Å². The van der Waals surface area contributed by atoms with Crippen molar-refractivity contribution in [1.29, 1.82) is 0 Å². The van der Waals surface area contributed by atoms with Gasteiger partial charge in [-0.25, -0.2) is 0 Å². The fourth-order valence-corrected chi connectivity index (χ4v) is 2.24. The Labute approximate surface area is 117 Å². The van der Waals surface area contributed by atoms with Crippen LogP contribution in [0.25, 0.3) is 10.8 Å². The number of ether oxygens (including phenoxy) is 1. The molecule has 0 aliphatic heterocycles. The highest BCUT2D eigenvalue weighted by atomic mass is 16.5. The second-order valence-electron chi connectivity index (χ2n) is 4.61. The molecule has 0 saturated carbocycles. The van der Waals surface area contributed by atoms with Crippen LogP contribution in [0.1, 0.15) is 11.4 Å². The van der Waals surface area contributed by atoms with Crippen LogP contribution in [-0.4, -0.2) is 14.8 Å². The van der Waals surface area contributed by atoms with Crippen LogP contribution < -0.4 is 10.5 Å². The second kappa shape index (κ2) is 5.30. The molecule has 0 amide bonds. The molecule has 0 aliphatic rings. The highest BCUT2D eigenvalue weighted by Gasteiger charge is 2.09. The molecule has 2 aromatic carbocycles. The summed E-state index contributed by atoms with van der Waals surface area (Å²) in [5, 5.41) is 10.1. The Bertz CT molecular complexity index is 736. The molecular formula is C15H16N4O. The van der Waals surface area contributed by atoms with Crippen molar-refractivity contribution >= 4 is 10.8 Å². The summed E-state index contributed by atoms with van der Waals surface area (Å²) in [6.07, 6.45) is 1.66. The van der Waals surface area contributed by atoms with Crippen molar-refractivity contribution in [3.8, 4) is 5.75 Å². The standard InChI is InChI=1S/C15H16N4O/c1-19-10-17-18-15(19)9-20-14-7-6-11-4-2-3-5-12(11)13(14)8-16/h2-7,10H,8-9,16H2,1H3. The zero-order valence-corrected chi connectivity index (χ0v) is 11.3. The zero-order chi connectivity index (χ0) is 13.9. The van der Waals surface area contributed by atoms with Gasteiger partial charge in [-0.15, -0.1) is 10.2 Å². The first kappa shape index (κ1) is 12.6. The van der Waals surface area contributed by atoms with Gasteiger partial charge < -0.3 is 15.0 Å². The SMILES string of the molecule is Cn1cnnc1COc1ccc2ccccc2c1CN. The first-order valence-electron chi connectivity index (χ1n) is 6.46. The van der Waals surface area contributed by atoms with Gasteiger partial charge in [-0.05, 0) is 16.8 Å². The third-order valence-corrected chi connectivity index (χ3v) is 3.36. The molecule has 0 unspecified atom stereocenters. The smallest absolute Gasteiger partial charge is 0.170 e. The fraction of sp³-hybridized carbons (Fsp3) is 0.200. The van der Waals surface area contributed by atoms with E-state index in [1.165, 1.54) is 5.39 Å². The normalized spacial score (nSPS) is 10.9. The molecule has 0 aliphatic carbocycles. The summed E-state index contributed by atoms with van der Waals surface area (Å²) in [6, 6.07) is 12.2. The third-order valence-electron chi connectivity index (χ3n) is 3.36. The molecular weight excluding hydrogens is 252 g/mol. The van der Waals surface area contributed by atoms with E-state index < -0.39 is 0 Å². The number of hydrogen-bond donors (Lipinski definition) is 1.